The molecule has 0 unspecified atom stereocenters. The maximum atomic E-state index is 15.6. The number of alkyl halides is 12. The van der Waals surface area contributed by atoms with Crippen LogP contribution in [0.25, 0.3) is 0 Å². The summed E-state index contributed by atoms with van der Waals surface area (Å²) in [4.78, 5) is 26.6. The third kappa shape index (κ3) is 7.02. The van der Waals surface area contributed by atoms with Gasteiger partial charge in [-0.25, -0.2) is 8.78 Å². The van der Waals surface area contributed by atoms with Crippen LogP contribution in [0.2, 0.25) is 0 Å². The zero-order valence-electron chi connectivity index (χ0n) is 22.4. The fourth-order valence-corrected chi connectivity index (χ4v) is 4.69. The second kappa shape index (κ2) is 13.0. The largest absolute Gasteiger partial charge is 0.435 e. The summed E-state index contributed by atoms with van der Waals surface area (Å²) in [6.45, 7) is -3.14. The molecule has 250 valence electrons. The molecule has 0 spiro atoms. The van der Waals surface area contributed by atoms with Crippen LogP contribution in [-0.2, 0) is 11.8 Å². The first-order valence-electron chi connectivity index (χ1n) is 12.2. The van der Waals surface area contributed by atoms with E-state index in [-0.39, 0.29) is 6.07 Å². The summed E-state index contributed by atoms with van der Waals surface area (Å²) >= 11 is 2.47. The number of nitrogens with zero attached hydrogens (tertiary/aromatic N) is 1. The minimum absolute atomic E-state index is 0.128. The normalized spacial score (nSPS) is 12.7. The Balaban J connectivity index is 2.10. The zero-order valence-corrected chi connectivity index (χ0v) is 24.0. The van der Waals surface area contributed by atoms with Crippen LogP contribution in [0.5, 0.6) is 5.75 Å². The predicted molar refractivity (Wildman–Crippen MR) is 139 cm³/mol. The number of ether oxygens (including phenoxy) is 1. The Labute approximate surface area is 258 Å². The molecule has 0 aromatic heterocycles. The van der Waals surface area contributed by atoms with Crippen molar-refractivity contribution in [3.8, 4) is 5.75 Å². The Kier molecular flexibility index (Phi) is 10.3. The van der Waals surface area contributed by atoms with Crippen molar-refractivity contribution in [3.05, 3.63) is 87.1 Å². The fraction of sp³-hybridized carbons (Fsp3) is 0.259. The minimum Gasteiger partial charge on any atom is -0.433 e. The van der Waals surface area contributed by atoms with Gasteiger partial charge in [-0.1, -0.05) is 18.2 Å². The molecule has 0 heterocycles. The SMILES string of the molecule is CCN(C(=O)c1ccccc1C(F)(F)F)c1cccc(C(=O)Nc2c(Br)cc(C(F)(C(F)(F)F)C(F)(F)F)cc2OC(F)F)c1F. The van der Waals surface area contributed by atoms with Crippen molar-refractivity contribution in [1.29, 1.82) is 0 Å². The summed E-state index contributed by atoms with van der Waals surface area (Å²) in [5, 5.41) is 1.75. The van der Waals surface area contributed by atoms with Gasteiger partial charge in [0.25, 0.3) is 11.8 Å². The standard InChI is InChI=1S/C27H16BrF13N2O3/c1-2-43(22(45)13-6-3-4-8-15(13)25(33,34)35)17-9-5-7-14(19(17)29)21(44)42-20-16(28)10-12(11-18(20)46-23(30)31)24(32,26(36,37)38)27(39,40)41/h3-11,23H,2H2,1H3,(H,42,44). The number of amides is 2. The molecule has 0 bridgehead atoms. The van der Waals surface area contributed by atoms with Crippen molar-refractivity contribution in [2.75, 3.05) is 16.8 Å². The highest BCUT2D eigenvalue weighted by atomic mass is 79.9. The van der Waals surface area contributed by atoms with E-state index in [1.165, 1.54) is 6.92 Å². The van der Waals surface area contributed by atoms with Crippen LogP contribution in [0.15, 0.2) is 59.1 Å². The number of hydrogen-bond acceptors (Lipinski definition) is 3. The van der Waals surface area contributed by atoms with Gasteiger partial charge in [0.05, 0.1) is 28.1 Å². The lowest BCUT2D eigenvalue weighted by atomic mass is 9.93. The average Bonchev–Trinajstić information content (AvgIpc) is 2.93. The number of carbonyl (C=O) groups is 2. The van der Waals surface area contributed by atoms with E-state index in [0.717, 1.165) is 36.4 Å². The number of nitrogens with one attached hydrogen (secondary N) is 1. The van der Waals surface area contributed by atoms with Crippen LogP contribution >= 0.6 is 15.9 Å². The van der Waals surface area contributed by atoms with Gasteiger partial charge in [-0.2, -0.15) is 48.3 Å². The fourth-order valence-electron chi connectivity index (χ4n) is 4.15. The lowest BCUT2D eigenvalue weighted by Crippen LogP contribution is -2.50. The Hall–Kier alpha value is -4.03. The van der Waals surface area contributed by atoms with Gasteiger partial charge in [-0.05, 0) is 59.3 Å². The molecule has 0 aliphatic rings. The maximum absolute atomic E-state index is 15.6. The van der Waals surface area contributed by atoms with Crippen molar-refractivity contribution >= 4 is 39.1 Å². The summed E-state index contributed by atoms with van der Waals surface area (Å²) in [6, 6.07) is 5.59. The van der Waals surface area contributed by atoms with Gasteiger partial charge in [0.2, 0.25) is 0 Å². The summed E-state index contributed by atoms with van der Waals surface area (Å²) in [5.74, 6) is -6.11. The van der Waals surface area contributed by atoms with Gasteiger partial charge < -0.3 is 15.0 Å². The average molecular weight is 743 g/mol. The van der Waals surface area contributed by atoms with E-state index in [9.17, 15) is 62.3 Å². The highest BCUT2D eigenvalue weighted by molar-refractivity contribution is 9.10. The van der Waals surface area contributed by atoms with Gasteiger partial charge in [-0.3, -0.25) is 9.59 Å². The third-order valence-electron chi connectivity index (χ3n) is 6.23. The topological polar surface area (TPSA) is 58.6 Å². The van der Waals surface area contributed by atoms with Crippen molar-refractivity contribution in [2.24, 2.45) is 0 Å². The van der Waals surface area contributed by atoms with Gasteiger partial charge >= 0.3 is 30.8 Å². The van der Waals surface area contributed by atoms with Crippen molar-refractivity contribution < 1.29 is 71.4 Å². The Morgan fingerprint density at radius 3 is 1.96 bits per heavy atom. The van der Waals surface area contributed by atoms with E-state index in [1.54, 1.807) is 5.32 Å². The summed E-state index contributed by atoms with van der Waals surface area (Å²) < 4.78 is 179. The molecule has 19 heteroatoms. The molecule has 46 heavy (non-hydrogen) atoms. The molecule has 0 aliphatic heterocycles. The smallest absolute Gasteiger partial charge is 0.433 e. The molecule has 1 N–H and O–H groups in total. The lowest BCUT2D eigenvalue weighted by Gasteiger charge is -2.31. The van der Waals surface area contributed by atoms with Gasteiger partial charge in [0, 0.05) is 16.6 Å². The molecule has 0 aliphatic carbocycles. The first-order chi connectivity index (χ1) is 21.1. The summed E-state index contributed by atoms with van der Waals surface area (Å²) in [5.41, 5.74) is -13.4. The molecule has 0 fully saturated rings. The van der Waals surface area contributed by atoms with E-state index < -0.39 is 105 Å². The number of rotatable bonds is 8. The Bertz CT molecular complexity index is 1610. The van der Waals surface area contributed by atoms with E-state index in [2.05, 4.69) is 20.7 Å². The van der Waals surface area contributed by atoms with Crippen LogP contribution in [0.4, 0.5) is 68.5 Å². The van der Waals surface area contributed by atoms with Crippen LogP contribution in [0, 0.1) is 5.82 Å². The highest BCUT2D eigenvalue weighted by Gasteiger charge is 2.73. The molecule has 3 aromatic carbocycles. The van der Waals surface area contributed by atoms with Crippen molar-refractivity contribution in [3.63, 3.8) is 0 Å². The van der Waals surface area contributed by atoms with Crippen LogP contribution in [-0.4, -0.2) is 37.3 Å². The number of anilines is 2. The third-order valence-corrected chi connectivity index (χ3v) is 6.85. The van der Waals surface area contributed by atoms with Crippen LogP contribution in [0.1, 0.15) is 38.8 Å². The first kappa shape index (κ1) is 36.4. The molecule has 3 aromatic rings. The monoisotopic (exact) mass is 742 g/mol. The second-order valence-electron chi connectivity index (χ2n) is 9.05. The second-order valence-corrected chi connectivity index (χ2v) is 9.90. The molecule has 0 saturated heterocycles. The zero-order chi connectivity index (χ0) is 35.0. The van der Waals surface area contributed by atoms with Crippen LogP contribution < -0.4 is 15.0 Å². The number of halogens is 14. The van der Waals surface area contributed by atoms with Gasteiger partial charge in [0.1, 0.15) is 0 Å². The molecular formula is C27H16BrF13N2O3. The quantitative estimate of drug-likeness (QED) is 0.234. The number of carbonyl (C=O) groups excluding carboxylic acids is 2. The molecule has 0 saturated carbocycles. The molecular weight excluding hydrogens is 727 g/mol. The number of hydrogen-bond donors (Lipinski definition) is 1. The van der Waals surface area contributed by atoms with E-state index in [1.807, 2.05) is 0 Å². The van der Waals surface area contributed by atoms with E-state index >= 15 is 4.39 Å². The summed E-state index contributed by atoms with van der Waals surface area (Å²) in [7, 11) is 0. The minimum atomic E-state index is -6.65. The number of benzene rings is 3. The van der Waals surface area contributed by atoms with Crippen molar-refractivity contribution in [1.82, 2.24) is 0 Å². The van der Waals surface area contributed by atoms with Crippen molar-refractivity contribution in [2.45, 2.75) is 37.7 Å². The highest BCUT2D eigenvalue weighted by Crippen LogP contribution is 2.55. The Morgan fingerprint density at radius 2 is 1.43 bits per heavy atom. The van der Waals surface area contributed by atoms with E-state index in [4.69, 9.17) is 0 Å². The predicted octanol–water partition coefficient (Wildman–Crippen LogP) is 9.42. The molecule has 2 amide bonds. The molecule has 3 rings (SSSR count). The maximum Gasteiger partial charge on any atom is 0.435 e. The molecule has 0 atom stereocenters. The first-order valence-corrected chi connectivity index (χ1v) is 13.0. The lowest BCUT2D eigenvalue weighted by molar-refractivity contribution is -0.348. The molecule has 0 radical (unpaired) electrons. The van der Waals surface area contributed by atoms with E-state index in [0.29, 0.717) is 11.0 Å². The molecule has 5 nitrogen and oxygen atoms in total. The van der Waals surface area contributed by atoms with Gasteiger partial charge in [-0.15, -0.1) is 0 Å². The van der Waals surface area contributed by atoms with Gasteiger partial charge in [0.15, 0.2) is 11.6 Å². The summed E-state index contributed by atoms with van der Waals surface area (Å²) in [6.07, 6.45) is -18.3. The van der Waals surface area contributed by atoms with Crippen LogP contribution in [0.3, 0.4) is 0 Å². The Morgan fingerprint density at radius 1 is 0.870 bits per heavy atom.